The maximum atomic E-state index is 10.6. The number of hydrogen-bond donors (Lipinski definition) is 2. The number of thiophene rings is 1. The standard InChI is InChI=1S/C10H12N2O2S/c1-7(3-11)4-12-5-9-2-8(6-15-9)10(13)14/h2,6-7,12H,4-5H2,1H3,(H,13,14). The van der Waals surface area contributed by atoms with Crippen LogP contribution < -0.4 is 5.32 Å². The number of nitrogens with one attached hydrogen (secondary N) is 1. The van der Waals surface area contributed by atoms with E-state index in [2.05, 4.69) is 11.4 Å². The lowest BCUT2D eigenvalue weighted by molar-refractivity contribution is 0.0697. The summed E-state index contributed by atoms with van der Waals surface area (Å²) < 4.78 is 0. The second kappa shape index (κ2) is 5.49. The predicted octanol–water partition coefficient (Wildman–Crippen LogP) is 1.70. The van der Waals surface area contributed by atoms with E-state index in [9.17, 15) is 4.79 Å². The summed E-state index contributed by atoms with van der Waals surface area (Å²) in [6, 6.07) is 3.77. The molecule has 80 valence electrons. The van der Waals surface area contributed by atoms with E-state index in [1.54, 1.807) is 11.4 Å². The quantitative estimate of drug-likeness (QED) is 0.798. The topological polar surface area (TPSA) is 73.1 Å². The van der Waals surface area contributed by atoms with E-state index in [-0.39, 0.29) is 5.92 Å². The molecule has 1 atom stereocenters. The summed E-state index contributed by atoms with van der Waals surface area (Å²) in [6.07, 6.45) is 0. The molecule has 0 bridgehead atoms. The molecule has 15 heavy (non-hydrogen) atoms. The normalized spacial score (nSPS) is 12.0. The van der Waals surface area contributed by atoms with Crippen LogP contribution in [-0.4, -0.2) is 17.6 Å². The molecule has 0 aliphatic rings. The number of nitrogens with zero attached hydrogens (tertiary/aromatic N) is 1. The number of aromatic carboxylic acids is 1. The van der Waals surface area contributed by atoms with Crippen LogP contribution in [0, 0.1) is 17.2 Å². The molecular weight excluding hydrogens is 212 g/mol. The molecule has 0 saturated carbocycles. The van der Waals surface area contributed by atoms with Crippen LogP contribution in [0.25, 0.3) is 0 Å². The predicted molar refractivity (Wildman–Crippen MR) is 57.8 cm³/mol. The van der Waals surface area contributed by atoms with E-state index < -0.39 is 5.97 Å². The summed E-state index contributed by atoms with van der Waals surface area (Å²) in [5, 5.41) is 22.0. The van der Waals surface area contributed by atoms with Crippen molar-refractivity contribution in [2.45, 2.75) is 13.5 Å². The van der Waals surface area contributed by atoms with Gasteiger partial charge in [-0.2, -0.15) is 5.26 Å². The zero-order valence-electron chi connectivity index (χ0n) is 8.36. The van der Waals surface area contributed by atoms with Gasteiger partial charge >= 0.3 is 5.97 Å². The molecule has 0 spiro atoms. The van der Waals surface area contributed by atoms with Crippen molar-refractivity contribution in [3.8, 4) is 6.07 Å². The maximum Gasteiger partial charge on any atom is 0.336 e. The first-order valence-electron chi connectivity index (χ1n) is 4.54. The molecule has 2 N–H and O–H groups in total. The van der Waals surface area contributed by atoms with E-state index >= 15 is 0 Å². The van der Waals surface area contributed by atoms with Gasteiger partial charge in [-0.15, -0.1) is 11.3 Å². The second-order valence-corrected chi connectivity index (χ2v) is 4.26. The minimum atomic E-state index is -0.900. The fourth-order valence-corrected chi connectivity index (χ4v) is 1.87. The molecule has 0 saturated heterocycles. The highest BCUT2D eigenvalue weighted by molar-refractivity contribution is 7.10. The fourth-order valence-electron chi connectivity index (χ4n) is 1.04. The number of carbonyl (C=O) groups is 1. The smallest absolute Gasteiger partial charge is 0.336 e. The monoisotopic (exact) mass is 224 g/mol. The van der Waals surface area contributed by atoms with Gasteiger partial charge in [-0.1, -0.05) is 0 Å². The fraction of sp³-hybridized carbons (Fsp3) is 0.400. The number of carboxylic acids is 1. The number of carboxylic acid groups (broad SMARTS) is 1. The van der Waals surface area contributed by atoms with Crippen LogP contribution in [-0.2, 0) is 6.54 Å². The first-order valence-corrected chi connectivity index (χ1v) is 5.42. The van der Waals surface area contributed by atoms with Gasteiger partial charge in [0.25, 0.3) is 0 Å². The van der Waals surface area contributed by atoms with Gasteiger partial charge in [0.1, 0.15) is 0 Å². The Balaban J connectivity index is 2.39. The Morgan fingerprint density at radius 1 is 1.80 bits per heavy atom. The maximum absolute atomic E-state index is 10.6. The van der Waals surface area contributed by atoms with Crippen molar-refractivity contribution >= 4 is 17.3 Å². The van der Waals surface area contributed by atoms with Crippen LogP contribution in [0.5, 0.6) is 0 Å². The third-order valence-corrected chi connectivity index (χ3v) is 2.81. The summed E-state index contributed by atoms with van der Waals surface area (Å²) in [4.78, 5) is 11.6. The Bertz CT molecular complexity index is 381. The molecule has 1 heterocycles. The van der Waals surface area contributed by atoms with Crippen LogP contribution >= 0.6 is 11.3 Å². The Morgan fingerprint density at radius 3 is 3.07 bits per heavy atom. The summed E-state index contributed by atoms with van der Waals surface area (Å²) in [5.74, 6) is -0.924. The van der Waals surface area contributed by atoms with Gasteiger partial charge in [0.2, 0.25) is 0 Å². The molecule has 1 aromatic rings. The lowest BCUT2D eigenvalue weighted by Gasteiger charge is -2.03. The van der Waals surface area contributed by atoms with Crippen molar-refractivity contribution in [1.82, 2.24) is 5.32 Å². The van der Waals surface area contributed by atoms with E-state index in [0.29, 0.717) is 18.7 Å². The van der Waals surface area contributed by atoms with Gasteiger partial charge in [-0.25, -0.2) is 4.79 Å². The molecule has 0 aromatic carbocycles. The Hall–Kier alpha value is -1.38. The van der Waals surface area contributed by atoms with Gasteiger partial charge < -0.3 is 10.4 Å². The molecule has 0 aliphatic carbocycles. The molecule has 0 fully saturated rings. The highest BCUT2D eigenvalue weighted by Crippen LogP contribution is 2.14. The number of nitriles is 1. The zero-order valence-corrected chi connectivity index (χ0v) is 9.17. The van der Waals surface area contributed by atoms with Crippen LogP contribution in [0.4, 0.5) is 0 Å². The SMILES string of the molecule is CC(C#N)CNCc1cc(C(=O)O)cs1. The number of hydrogen-bond acceptors (Lipinski definition) is 4. The summed E-state index contributed by atoms with van der Waals surface area (Å²) in [6.45, 7) is 3.07. The van der Waals surface area contributed by atoms with Gasteiger partial charge in [0.05, 0.1) is 17.6 Å². The molecule has 5 heteroatoms. The molecular formula is C10H12N2O2S. The van der Waals surface area contributed by atoms with Crippen molar-refractivity contribution in [2.24, 2.45) is 5.92 Å². The molecule has 0 radical (unpaired) electrons. The van der Waals surface area contributed by atoms with Crippen LogP contribution in [0.15, 0.2) is 11.4 Å². The van der Waals surface area contributed by atoms with Gasteiger partial charge in [0.15, 0.2) is 0 Å². The summed E-state index contributed by atoms with van der Waals surface area (Å²) in [5.41, 5.74) is 0.324. The first-order chi connectivity index (χ1) is 7.13. The summed E-state index contributed by atoms with van der Waals surface area (Å²) >= 11 is 1.41. The highest BCUT2D eigenvalue weighted by atomic mass is 32.1. The Kier molecular flexibility index (Phi) is 4.28. The molecule has 0 aliphatic heterocycles. The Labute approximate surface area is 92.2 Å². The van der Waals surface area contributed by atoms with E-state index in [1.165, 1.54) is 11.3 Å². The summed E-state index contributed by atoms with van der Waals surface area (Å²) in [7, 11) is 0. The first kappa shape index (κ1) is 11.7. The van der Waals surface area contributed by atoms with Crippen molar-refractivity contribution in [1.29, 1.82) is 5.26 Å². The molecule has 1 unspecified atom stereocenters. The van der Waals surface area contributed by atoms with Crippen molar-refractivity contribution in [3.63, 3.8) is 0 Å². The average Bonchev–Trinajstić information content (AvgIpc) is 2.66. The zero-order chi connectivity index (χ0) is 11.3. The highest BCUT2D eigenvalue weighted by Gasteiger charge is 2.06. The second-order valence-electron chi connectivity index (χ2n) is 3.27. The van der Waals surface area contributed by atoms with Gasteiger partial charge in [-0.3, -0.25) is 0 Å². The minimum Gasteiger partial charge on any atom is -0.478 e. The van der Waals surface area contributed by atoms with Crippen LogP contribution in [0.3, 0.4) is 0 Å². The number of rotatable bonds is 5. The lowest BCUT2D eigenvalue weighted by atomic mass is 10.2. The molecule has 0 amide bonds. The molecule has 1 rings (SSSR count). The van der Waals surface area contributed by atoms with Gasteiger partial charge in [-0.05, 0) is 13.0 Å². The largest absolute Gasteiger partial charge is 0.478 e. The average molecular weight is 224 g/mol. The van der Waals surface area contributed by atoms with Gasteiger partial charge in [0, 0.05) is 23.3 Å². The van der Waals surface area contributed by atoms with Crippen molar-refractivity contribution in [3.05, 3.63) is 21.9 Å². The van der Waals surface area contributed by atoms with Crippen LogP contribution in [0.1, 0.15) is 22.2 Å². The van der Waals surface area contributed by atoms with E-state index in [1.807, 2.05) is 6.92 Å². The van der Waals surface area contributed by atoms with Crippen LogP contribution in [0.2, 0.25) is 0 Å². The van der Waals surface area contributed by atoms with Crippen molar-refractivity contribution in [2.75, 3.05) is 6.54 Å². The minimum absolute atomic E-state index is 0.0242. The van der Waals surface area contributed by atoms with E-state index in [4.69, 9.17) is 10.4 Å². The van der Waals surface area contributed by atoms with E-state index in [0.717, 1.165) is 4.88 Å². The lowest BCUT2D eigenvalue weighted by Crippen LogP contribution is -2.19. The third-order valence-electron chi connectivity index (χ3n) is 1.87. The van der Waals surface area contributed by atoms with Crippen molar-refractivity contribution < 1.29 is 9.90 Å². The molecule has 1 aromatic heterocycles. The Morgan fingerprint density at radius 2 is 2.53 bits per heavy atom. The third kappa shape index (κ3) is 3.70. The molecule has 4 nitrogen and oxygen atoms in total.